The van der Waals surface area contributed by atoms with Crippen molar-refractivity contribution in [1.29, 1.82) is 0 Å². The number of carbonyl (C=O) groups is 2. The molecule has 0 radical (unpaired) electrons. The maximum Gasteiger partial charge on any atom is 0.355 e. The predicted molar refractivity (Wildman–Crippen MR) is 121 cm³/mol. The second kappa shape index (κ2) is 9.04. The number of piperidine rings is 1. The molecule has 0 spiro atoms. The first kappa shape index (κ1) is 20.7. The zero-order valence-corrected chi connectivity index (χ0v) is 17.4. The molecule has 2 aromatic carbocycles. The average Bonchev–Trinajstić information content (AvgIpc) is 2.80. The molecule has 1 atom stereocenters. The minimum absolute atomic E-state index is 0.00855. The first-order valence-corrected chi connectivity index (χ1v) is 10.5. The number of benzene rings is 2. The van der Waals surface area contributed by atoms with E-state index in [1.165, 1.54) is 26.2 Å². The van der Waals surface area contributed by atoms with Crippen LogP contribution >= 0.6 is 0 Å². The summed E-state index contributed by atoms with van der Waals surface area (Å²) >= 11 is 0. The third-order valence-corrected chi connectivity index (χ3v) is 5.48. The molecule has 2 heterocycles. The van der Waals surface area contributed by atoms with E-state index in [0.717, 1.165) is 18.8 Å². The van der Waals surface area contributed by atoms with E-state index >= 15 is 0 Å². The lowest BCUT2D eigenvalue weighted by atomic mass is 10.1. The van der Waals surface area contributed by atoms with Gasteiger partial charge in [-0.05, 0) is 68.0 Å². The molecule has 1 saturated heterocycles. The molecule has 0 saturated carbocycles. The fourth-order valence-corrected chi connectivity index (χ4v) is 3.75. The van der Waals surface area contributed by atoms with Gasteiger partial charge in [-0.25, -0.2) is 4.79 Å². The van der Waals surface area contributed by atoms with Gasteiger partial charge in [-0.2, -0.15) is 0 Å². The van der Waals surface area contributed by atoms with E-state index in [1.807, 2.05) is 24.3 Å². The number of anilines is 2. The number of amides is 1. The van der Waals surface area contributed by atoms with Crippen LogP contribution in [-0.2, 0) is 9.53 Å². The van der Waals surface area contributed by atoms with Gasteiger partial charge in [-0.3, -0.25) is 9.59 Å². The minimum Gasteiger partial charge on any atom is -0.448 e. The molecule has 1 aliphatic heterocycles. The van der Waals surface area contributed by atoms with E-state index in [2.05, 4.69) is 15.2 Å². The van der Waals surface area contributed by atoms with Crippen molar-refractivity contribution in [2.75, 3.05) is 23.3 Å². The van der Waals surface area contributed by atoms with Gasteiger partial charge in [0.05, 0.1) is 0 Å². The van der Waals surface area contributed by atoms with E-state index in [1.54, 1.807) is 30.3 Å². The molecule has 3 aromatic rings. The van der Waals surface area contributed by atoms with Crippen molar-refractivity contribution in [2.24, 2.45) is 0 Å². The highest BCUT2D eigenvalue weighted by atomic mass is 16.5. The van der Waals surface area contributed by atoms with Gasteiger partial charge in [0, 0.05) is 29.9 Å². The number of ether oxygens (including phenoxy) is 1. The topological polar surface area (TPSA) is 91.5 Å². The van der Waals surface area contributed by atoms with E-state index < -0.39 is 18.0 Å². The Kier molecular flexibility index (Phi) is 6.02. The lowest BCUT2D eigenvalue weighted by molar-refractivity contribution is -0.123. The predicted octanol–water partition coefficient (Wildman–Crippen LogP) is 3.70. The van der Waals surface area contributed by atoms with Gasteiger partial charge < -0.3 is 19.9 Å². The van der Waals surface area contributed by atoms with Crippen LogP contribution in [0.25, 0.3) is 10.8 Å². The summed E-state index contributed by atoms with van der Waals surface area (Å²) in [6.45, 7) is 3.60. The number of pyridine rings is 1. The molecule has 0 aliphatic carbocycles. The van der Waals surface area contributed by atoms with Gasteiger partial charge in [0.1, 0.15) is 5.69 Å². The highest BCUT2D eigenvalue weighted by Gasteiger charge is 2.20. The zero-order valence-electron chi connectivity index (χ0n) is 17.4. The summed E-state index contributed by atoms with van der Waals surface area (Å²) in [6, 6.07) is 16.2. The highest BCUT2D eigenvalue weighted by molar-refractivity contribution is 5.98. The monoisotopic (exact) mass is 419 g/mol. The third-order valence-electron chi connectivity index (χ3n) is 5.48. The van der Waals surface area contributed by atoms with Crippen LogP contribution in [0.15, 0.2) is 59.4 Å². The van der Waals surface area contributed by atoms with Crippen LogP contribution < -0.4 is 15.8 Å². The Bertz CT molecular complexity index is 1150. The molecule has 31 heavy (non-hydrogen) atoms. The summed E-state index contributed by atoms with van der Waals surface area (Å²) in [5, 5.41) is 3.88. The highest BCUT2D eigenvalue weighted by Crippen LogP contribution is 2.22. The van der Waals surface area contributed by atoms with Crippen LogP contribution in [0.4, 0.5) is 11.4 Å². The number of fused-ring (bicyclic) bond motifs is 1. The number of hydrogen-bond acceptors (Lipinski definition) is 5. The summed E-state index contributed by atoms with van der Waals surface area (Å²) in [5.41, 5.74) is 1.40. The lowest BCUT2D eigenvalue weighted by Gasteiger charge is -2.28. The van der Waals surface area contributed by atoms with Crippen molar-refractivity contribution in [3.05, 3.63) is 70.6 Å². The number of nitrogens with zero attached hydrogens (tertiary/aromatic N) is 1. The summed E-state index contributed by atoms with van der Waals surface area (Å²) in [7, 11) is 0. The first-order chi connectivity index (χ1) is 15.0. The number of nitrogens with one attached hydrogen (secondary N) is 2. The van der Waals surface area contributed by atoms with Crippen molar-refractivity contribution < 1.29 is 14.3 Å². The van der Waals surface area contributed by atoms with Crippen LogP contribution in [0.2, 0.25) is 0 Å². The van der Waals surface area contributed by atoms with Crippen molar-refractivity contribution in [1.82, 2.24) is 4.98 Å². The molecule has 1 aliphatic rings. The largest absolute Gasteiger partial charge is 0.448 e. The Morgan fingerprint density at radius 1 is 1.03 bits per heavy atom. The maximum atomic E-state index is 12.5. The Morgan fingerprint density at radius 2 is 1.74 bits per heavy atom. The number of H-pyrrole nitrogens is 1. The van der Waals surface area contributed by atoms with Crippen LogP contribution in [0.5, 0.6) is 0 Å². The van der Waals surface area contributed by atoms with Gasteiger partial charge in [0.2, 0.25) is 0 Å². The number of esters is 1. The second-order valence-electron chi connectivity index (χ2n) is 7.73. The summed E-state index contributed by atoms with van der Waals surface area (Å²) in [4.78, 5) is 41.9. The fraction of sp³-hybridized carbons (Fsp3) is 0.292. The molecule has 7 heteroatoms. The standard InChI is InChI=1S/C24H25N3O4/c1-16(31-24(30)21-15-17-7-3-4-8-20(17)23(29)26-21)22(28)25-18-9-11-19(12-10-18)27-13-5-2-6-14-27/h3-4,7-12,15-16H,2,5-6,13-14H2,1H3,(H,25,28)(H,26,29). The van der Waals surface area contributed by atoms with Gasteiger partial charge in [0.25, 0.3) is 11.5 Å². The number of rotatable bonds is 5. The second-order valence-corrected chi connectivity index (χ2v) is 7.73. The van der Waals surface area contributed by atoms with Crippen LogP contribution in [-0.4, -0.2) is 36.1 Å². The van der Waals surface area contributed by atoms with Crippen molar-refractivity contribution >= 4 is 34.0 Å². The van der Waals surface area contributed by atoms with Crippen molar-refractivity contribution in [3.63, 3.8) is 0 Å². The fourth-order valence-electron chi connectivity index (χ4n) is 3.75. The van der Waals surface area contributed by atoms with Gasteiger partial charge in [-0.15, -0.1) is 0 Å². The zero-order chi connectivity index (χ0) is 21.8. The van der Waals surface area contributed by atoms with Crippen LogP contribution in [0.1, 0.15) is 36.7 Å². The third kappa shape index (κ3) is 4.77. The summed E-state index contributed by atoms with van der Waals surface area (Å²) in [6.07, 6.45) is 2.64. The van der Waals surface area contributed by atoms with Gasteiger partial charge >= 0.3 is 5.97 Å². The Morgan fingerprint density at radius 3 is 2.48 bits per heavy atom. The quantitative estimate of drug-likeness (QED) is 0.616. The van der Waals surface area contributed by atoms with E-state index in [-0.39, 0.29) is 11.3 Å². The molecule has 1 aromatic heterocycles. The molecular weight excluding hydrogens is 394 g/mol. The molecule has 160 valence electrons. The molecule has 1 amide bonds. The minimum atomic E-state index is -1.02. The number of hydrogen-bond donors (Lipinski definition) is 2. The Balaban J connectivity index is 1.38. The molecule has 1 fully saturated rings. The average molecular weight is 419 g/mol. The molecule has 0 bridgehead atoms. The summed E-state index contributed by atoms with van der Waals surface area (Å²) in [5.74, 6) is -1.20. The molecular formula is C24H25N3O4. The molecule has 2 N–H and O–H groups in total. The molecule has 7 nitrogen and oxygen atoms in total. The molecule has 4 rings (SSSR count). The maximum absolute atomic E-state index is 12.5. The molecule has 1 unspecified atom stereocenters. The van der Waals surface area contributed by atoms with E-state index in [9.17, 15) is 14.4 Å². The smallest absolute Gasteiger partial charge is 0.355 e. The number of aromatic amines is 1. The van der Waals surface area contributed by atoms with Crippen LogP contribution in [0.3, 0.4) is 0 Å². The van der Waals surface area contributed by atoms with Crippen LogP contribution in [0, 0.1) is 0 Å². The van der Waals surface area contributed by atoms with Crippen molar-refractivity contribution in [2.45, 2.75) is 32.3 Å². The van der Waals surface area contributed by atoms with E-state index in [4.69, 9.17) is 4.74 Å². The SMILES string of the molecule is CC(OC(=O)c1cc2ccccc2c(=O)[nH]1)C(=O)Nc1ccc(N2CCCCC2)cc1. The van der Waals surface area contributed by atoms with Gasteiger partial charge in [0.15, 0.2) is 6.10 Å². The Labute approximate surface area is 180 Å². The first-order valence-electron chi connectivity index (χ1n) is 10.5. The normalized spacial score (nSPS) is 14.8. The van der Waals surface area contributed by atoms with Crippen molar-refractivity contribution in [3.8, 4) is 0 Å². The summed E-state index contributed by atoms with van der Waals surface area (Å²) < 4.78 is 5.26. The lowest BCUT2D eigenvalue weighted by Crippen LogP contribution is -2.31. The number of aromatic nitrogens is 1. The van der Waals surface area contributed by atoms with E-state index in [0.29, 0.717) is 16.5 Å². The Hall–Kier alpha value is -3.61. The van der Waals surface area contributed by atoms with Gasteiger partial charge in [-0.1, -0.05) is 18.2 Å². The number of carbonyl (C=O) groups excluding carboxylic acids is 2.